The Balaban J connectivity index is 1.55. The van der Waals surface area contributed by atoms with Crippen LogP contribution in [0.25, 0.3) is 76.5 Å². The lowest BCUT2D eigenvalue weighted by molar-refractivity contribution is 0.589. The minimum atomic E-state index is 0.0296. The van der Waals surface area contributed by atoms with E-state index >= 15 is 0 Å². The normalized spacial score (nSPS) is 13.0. The van der Waals surface area contributed by atoms with Gasteiger partial charge in [-0.05, 0) is 136 Å². The van der Waals surface area contributed by atoms with Gasteiger partial charge in [0.2, 0.25) is 0 Å². The molecule has 0 heterocycles. The van der Waals surface area contributed by atoms with Crippen LogP contribution in [0, 0.1) is 13.8 Å². The average Bonchev–Trinajstić information content (AvgIpc) is 3.32. The SMILES string of the molecule is Cc1ccc2c(c1)c(-c1cc(C(C)(C)C)cc3cc(C(C)(C)C)ccc13)cc1c3ccc(C)c4c3c(cc21)-c1ccccc1-4. The van der Waals surface area contributed by atoms with Gasteiger partial charge < -0.3 is 0 Å². The van der Waals surface area contributed by atoms with Crippen molar-refractivity contribution in [3.63, 3.8) is 0 Å². The van der Waals surface area contributed by atoms with Crippen molar-refractivity contribution in [2.75, 3.05) is 0 Å². The zero-order valence-corrected chi connectivity index (χ0v) is 27.2. The van der Waals surface area contributed by atoms with Crippen molar-refractivity contribution >= 4 is 43.1 Å². The molecule has 0 unspecified atom stereocenters. The van der Waals surface area contributed by atoms with Gasteiger partial charge in [-0.3, -0.25) is 0 Å². The molecule has 0 bridgehead atoms. The van der Waals surface area contributed by atoms with Crippen LogP contribution in [0.2, 0.25) is 0 Å². The van der Waals surface area contributed by atoms with Gasteiger partial charge in [-0.15, -0.1) is 0 Å². The van der Waals surface area contributed by atoms with Crippen LogP contribution in [-0.2, 0) is 10.8 Å². The van der Waals surface area contributed by atoms with Gasteiger partial charge in [0.25, 0.3) is 0 Å². The van der Waals surface area contributed by atoms with Crippen LogP contribution in [0.3, 0.4) is 0 Å². The first-order valence-corrected chi connectivity index (χ1v) is 16.0. The van der Waals surface area contributed by atoms with Gasteiger partial charge in [-0.25, -0.2) is 0 Å². The van der Waals surface area contributed by atoms with Crippen molar-refractivity contribution in [1.29, 1.82) is 0 Å². The van der Waals surface area contributed by atoms with E-state index in [0.29, 0.717) is 0 Å². The highest BCUT2D eigenvalue weighted by atomic mass is 14.3. The van der Waals surface area contributed by atoms with Gasteiger partial charge >= 0.3 is 0 Å². The largest absolute Gasteiger partial charge is 0.0616 e. The molecular weight excluding hydrogens is 528 g/mol. The highest BCUT2D eigenvalue weighted by Crippen LogP contribution is 2.52. The number of hydrogen-bond acceptors (Lipinski definition) is 0. The van der Waals surface area contributed by atoms with Gasteiger partial charge in [0, 0.05) is 0 Å². The molecule has 1 aliphatic rings. The van der Waals surface area contributed by atoms with Gasteiger partial charge in [0.15, 0.2) is 0 Å². The average molecular weight is 569 g/mol. The summed E-state index contributed by atoms with van der Waals surface area (Å²) in [5.74, 6) is 0. The second kappa shape index (κ2) is 9.05. The topological polar surface area (TPSA) is 0 Å². The van der Waals surface area contributed by atoms with Crippen molar-refractivity contribution in [3.8, 4) is 33.4 Å². The quantitative estimate of drug-likeness (QED) is 0.173. The number of aryl methyl sites for hydroxylation is 2. The Morgan fingerprint density at radius 2 is 1.02 bits per heavy atom. The molecule has 7 aromatic carbocycles. The van der Waals surface area contributed by atoms with Crippen LogP contribution in [0.4, 0.5) is 0 Å². The molecule has 0 heteroatoms. The number of benzene rings is 7. The molecule has 0 N–H and O–H groups in total. The molecule has 44 heavy (non-hydrogen) atoms. The third-order valence-corrected chi connectivity index (χ3v) is 10.1. The summed E-state index contributed by atoms with van der Waals surface area (Å²) in [5, 5.41) is 10.7. The van der Waals surface area contributed by atoms with Crippen LogP contribution in [0.15, 0.2) is 97.1 Å². The summed E-state index contributed by atoms with van der Waals surface area (Å²) in [6.45, 7) is 18.4. The molecule has 0 nitrogen and oxygen atoms in total. The fraction of sp³-hybridized carbons (Fsp3) is 0.227. The minimum absolute atomic E-state index is 0.0296. The first-order valence-electron chi connectivity index (χ1n) is 16.0. The van der Waals surface area contributed by atoms with Crippen LogP contribution in [-0.4, -0.2) is 0 Å². The molecule has 0 spiro atoms. The molecule has 0 saturated carbocycles. The Morgan fingerprint density at radius 1 is 0.409 bits per heavy atom. The van der Waals surface area contributed by atoms with Crippen molar-refractivity contribution in [2.45, 2.75) is 66.2 Å². The van der Waals surface area contributed by atoms with E-state index < -0.39 is 0 Å². The lowest BCUT2D eigenvalue weighted by Gasteiger charge is -2.24. The van der Waals surface area contributed by atoms with E-state index in [1.165, 1.54) is 98.7 Å². The van der Waals surface area contributed by atoms with Crippen molar-refractivity contribution in [1.82, 2.24) is 0 Å². The second-order valence-corrected chi connectivity index (χ2v) is 15.2. The summed E-state index contributed by atoms with van der Waals surface area (Å²) in [7, 11) is 0. The Bertz CT molecular complexity index is 2340. The number of fused-ring (bicyclic) bond motifs is 8. The zero-order valence-electron chi connectivity index (χ0n) is 27.2. The monoisotopic (exact) mass is 568 g/mol. The second-order valence-electron chi connectivity index (χ2n) is 15.2. The molecule has 0 fully saturated rings. The highest BCUT2D eigenvalue weighted by Gasteiger charge is 2.26. The smallest absolute Gasteiger partial charge is 0.00172 e. The van der Waals surface area contributed by atoms with Crippen LogP contribution in [0.1, 0.15) is 63.8 Å². The predicted molar refractivity (Wildman–Crippen MR) is 193 cm³/mol. The Hall–Kier alpha value is -4.42. The molecule has 0 radical (unpaired) electrons. The van der Waals surface area contributed by atoms with Crippen molar-refractivity contribution in [2.24, 2.45) is 0 Å². The summed E-state index contributed by atoms with van der Waals surface area (Å²) in [4.78, 5) is 0. The Labute approximate surface area is 261 Å². The van der Waals surface area contributed by atoms with E-state index in [0.717, 1.165) is 0 Å². The molecule has 216 valence electrons. The highest BCUT2D eigenvalue weighted by molar-refractivity contribution is 6.29. The molecule has 1 aliphatic carbocycles. The minimum Gasteiger partial charge on any atom is -0.0616 e. The molecule has 8 rings (SSSR count). The van der Waals surface area contributed by atoms with Crippen molar-refractivity contribution in [3.05, 3.63) is 119 Å². The van der Waals surface area contributed by atoms with Crippen LogP contribution >= 0.6 is 0 Å². The fourth-order valence-corrected chi connectivity index (χ4v) is 7.58. The maximum Gasteiger partial charge on any atom is -0.00172 e. The van der Waals surface area contributed by atoms with E-state index in [1.807, 2.05) is 0 Å². The zero-order chi connectivity index (χ0) is 30.7. The first kappa shape index (κ1) is 27.2. The van der Waals surface area contributed by atoms with E-state index in [2.05, 4.69) is 152 Å². The fourth-order valence-electron chi connectivity index (χ4n) is 7.58. The Kier molecular flexibility index (Phi) is 5.59. The van der Waals surface area contributed by atoms with Gasteiger partial charge in [-0.2, -0.15) is 0 Å². The first-order chi connectivity index (χ1) is 20.9. The standard InChI is InChI=1S/C44H40/c1-25-13-16-32-35(19-25)39(36-22-29(44(6,7)8)21-27-20-28(43(3,4)5)15-18-30(27)36)23-38-34-17-14-26(2)41-33-12-10-9-11-31(33)40(42(34)41)24-37(32)38/h9-24H,1-8H3. The maximum atomic E-state index is 2.51. The molecule has 0 atom stereocenters. The lowest BCUT2D eigenvalue weighted by Crippen LogP contribution is -2.12. The third kappa shape index (κ3) is 3.90. The number of hydrogen-bond donors (Lipinski definition) is 0. The van der Waals surface area contributed by atoms with E-state index in [4.69, 9.17) is 0 Å². The summed E-state index contributed by atoms with van der Waals surface area (Å²) in [6, 6.07) is 37.7. The molecule has 7 aromatic rings. The summed E-state index contributed by atoms with van der Waals surface area (Å²) >= 11 is 0. The summed E-state index contributed by atoms with van der Waals surface area (Å²) < 4.78 is 0. The molecule has 0 saturated heterocycles. The van der Waals surface area contributed by atoms with E-state index in [9.17, 15) is 0 Å². The lowest BCUT2D eigenvalue weighted by atomic mass is 9.80. The van der Waals surface area contributed by atoms with Gasteiger partial charge in [0.05, 0.1) is 0 Å². The van der Waals surface area contributed by atoms with Crippen LogP contribution in [0.5, 0.6) is 0 Å². The van der Waals surface area contributed by atoms with Gasteiger partial charge in [-0.1, -0.05) is 126 Å². The number of rotatable bonds is 1. The van der Waals surface area contributed by atoms with Crippen molar-refractivity contribution < 1.29 is 0 Å². The van der Waals surface area contributed by atoms with Gasteiger partial charge in [0.1, 0.15) is 0 Å². The Morgan fingerprint density at radius 3 is 1.77 bits per heavy atom. The molecule has 0 aromatic heterocycles. The summed E-state index contributed by atoms with van der Waals surface area (Å²) in [5.41, 5.74) is 13.6. The predicted octanol–water partition coefficient (Wildman–Crippen LogP) is 12.8. The van der Waals surface area contributed by atoms with Crippen LogP contribution < -0.4 is 0 Å². The van der Waals surface area contributed by atoms with E-state index in [1.54, 1.807) is 0 Å². The molecule has 0 amide bonds. The maximum absolute atomic E-state index is 2.51. The molecular formula is C44H40. The third-order valence-electron chi connectivity index (χ3n) is 10.1. The van der Waals surface area contributed by atoms with E-state index in [-0.39, 0.29) is 10.8 Å². The summed E-state index contributed by atoms with van der Waals surface area (Å²) in [6.07, 6.45) is 0. The molecule has 0 aliphatic heterocycles.